The average Bonchev–Trinajstić information content (AvgIpc) is 3.66. The number of fused-ring (bicyclic) bond motifs is 2. The molecule has 4 atom stereocenters. The predicted octanol–water partition coefficient (Wildman–Crippen LogP) is 4.38. The standard InChI is InChI=1S/C33H38FN5O5Si/c1-22-30(45(3,4)34)28(14-17-37-21-24(15-18-40)35-36-37)44-33(22)26-19-25(38-16-8-11-29(43-2)31(38)41)12-13-27(26)39(32(33)42)20-23-9-6-5-7-10-23/h5-13,16,19,21-22,28,30,40H,14-15,17-18,20H2,1-4H3/t22-,28+,30-,33+/m1/s1. The fraction of sp³-hybridized carbons (Fsp3) is 0.394. The lowest BCUT2D eigenvalue weighted by molar-refractivity contribution is -0.146. The minimum Gasteiger partial charge on any atom is -0.491 e. The summed E-state index contributed by atoms with van der Waals surface area (Å²) in [4.78, 5) is 29.7. The van der Waals surface area contributed by atoms with Crippen LogP contribution in [0.3, 0.4) is 0 Å². The van der Waals surface area contributed by atoms with Crippen molar-refractivity contribution in [1.29, 1.82) is 0 Å². The lowest BCUT2D eigenvalue weighted by Gasteiger charge is -2.31. The summed E-state index contributed by atoms with van der Waals surface area (Å²) in [7, 11) is -1.93. The molecule has 0 saturated carbocycles. The number of carbonyl (C=O) groups excluding carboxylic acids is 1. The Labute approximate surface area is 262 Å². The van der Waals surface area contributed by atoms with E-state index < -0.39 is 31.6 Å². The fourth-order valence-corrected chi connectivity index (χ4v) is 9.69. The topological polar surface area (TPSA) is 112 Å². The lowest BCUT2D eigenvalue weighted by atomic mass is 9.82. The van der Waals surface area contributed by atoms with Gasteiger partial charge in [0, 0.05) is 54.7 Å². The number of aromatic nitrogens is 4. The predicted molar refractivity (Wildman–Crippen MR) is 170 cm³/mol. The van der Waals surface area contributed by atoms with E-state index in [1.165, 1.54) is 11.7 Å². The third-order valence-corrected chi connectivity index (χ3v) is 11.6. The monoisotopic (exact) mass is 631 g/mol. The van der Waals surface area contributed by atoms with Gasteiger partial charge < -0.3 is 23.6 Å². The number of pyridine rings is 1. The Morgan fingerprint density at radius 2 is 1.89 bits per heavy atom. The van der Waals surface area contributed by atoms with Crippen molar-refractivity contribution in [3.8, 4) is 11.4 Å². The Hall–Kier alpha value is -4.13. The Morgan fingerprint density at radius 1 is 1.11 bits per heavy atom. The maximum atomic E-state index is 16.3. The molecule has 4 heterocycles. The largest absolute Gasteiger partial charge is 0.491 e. The van der Waals surface area contributed by atoms with Crippen molar-refractivity contribution in [3.05, 3.63) is 100 Å². The van der Waals surface area contributed by atoms with Crippen LogP contribution in [0, 0.1) is 5.92 Å². The van der Waals surface area contributed by atoms with E-state index in [4.69, 9.17) is 9.47 Å². The van der Waals surface area contributed by atoms with Crippen LogP contribution in [0.1, 0.15) is 30.2 Å². The number of nitrogens with zero attached hydrogens (tertiary/aromatic N) is 5. The summed E-state index contributed by atoms with van der Waals surface area (Å²) in [5.74, 6) is -0.527. The number of methoxy groups -OCH3 is 1. The quantitative estimate of drug-likeness (QED) is 0.204. The van der Waals surface area contributed by atoms with E-state index in [1.807, 2.05) is 49.4 Å². The van der Waals surface area contributed by atoms with Gasteiger partial charge >= 0.3 is 0 Å². The van der Waals surface area contributed by atoms with E-state index >= 15 is 4.11 Å². The van der Waals surface area contributed by atoms with Crippen LogP contribution in [-0.4, -0.2) is 58.8 Å². The van der Waals surface area contributed by atoms with Crippen LogP contribution in [0.2, 0.25) is 18.6 Å². The molecule has 0 bridgehead atoms. The highest BCUT2D eigenvalue weighted by molar-refractivity contribution is 6.72. The molecule has 1 fully saturated rings. The van der Waals surface area contributed by atoms with Crippen LogP contribution in [-0.2, 0) is 34.6 Å². The molecular formula is C33H38FN5O5Si. The Morgan fingerprint density at radius 3 is 2.60 bits per heavy atom. The van der Waals surface area contributed by atoms with E-state index in [1.54, 1.807) is 53.3 Å². The van der Waals surface area contributed by atoms with Crippen LogP contribution >= 0.6 is 0 Å². The SMILES string of the molecule is COc1cccn(-c2ccc3c(c2)[C@]2(O[C@@H](CCn4cc(CCO)nn4)[C@H]([Si](C)(C)F)[C@H]2C)C(=O)N3Cc2ccccc2)c1=O. The number of benzene rings is 2. The summed E-state index contributed by atoms with van der Waals surface area (Å²) in [6, 6.07) is 18.5. The molecule has 1 amide bonds. The van der Waals surface area contributed by atoms with Gasteiger partial charge in [-0.3, -0.25) is 18.8 Å². The summed E-state index contributed by atoms with van der Waals surface area (Å²) in [6.07, 6.45) is 3.69. The molecule has 1 spiro atoms. The second-order valence-electron chi connectivity index (χ2n) is 12.3. The van der Waals surface area contributed by atoms with Gasteiger partial charge in [0.1, 0.15) is 0 Å². The maximum absolute atomic E-state index is 16.3. The number of ether oxygens (including phenoxy) is 2. The first kappa shape index (κ1) is 30.9. The lowest BCUT2D eigenvalue weighted by Crippen LogP contribution is -2.45. The van der Waals surface area contributed by atoms with Crippen LogP contribution in [0.4, 0.5) is 9.80 Å². The molecule has 2 aliphatic rings. The number of carbonyl (C=O) groups is 1. The molecule has 1 N–H and O–H groups in total. The third-order valence-electron chi connectivity index (χ3n) is 9.13. The number of halogens is 1. The normalized spacial score (nSPS) is 22.8. The van der Waals surface area contributed by atoms with E-state index in [0.717, 1.165) is 5.56 Å². The molecule has 12 heteroatoms. The summed E-state index contributed by atoms with van der Waals surface area (Å²) >= 11 is 0. The number of hydrogen-bond acceptors (Lipinski definition) is 7. The van der Waals surface area contributed by atoms with Crippen LogP contribution in [0.15, 0.2) is 77.9 Å². The van der Waals surface area contributed by atoms with Gasteiger partial charge in [-0.2, -0.15) is 0 Å². The number of aliphatic hydroxyl groups excluding tert-OH is 1. The molecule has 1 saturated heterocycles. The molecule has 0 radical (unpaired) electrons. The number of amides is 1. The third kappa shape index (κ3) is 5.40. The minimum absolute atomic E-state index is 0.0287. The van der Waals surface area contributed by atoms with Gasteiger partial charge in [0.2, 0.25) is 8.41 Å². The Kier molecular flexibility index (Phi) is 8.23. The summed E-state index contributed by atoms with van der Waals surface area (Å²) < 4.78 is 31.6. The molecule has 2 aliphatic heterocycles. The number of aryl methyl sites for hydroxylation is 1. The zero-order valence-corrected chi connectivity index (χ0v) is 26.9. The molecule has 236 valence electrons. The van der Waals surface area contributed by atoms with Crippen molar-refractivity contribution < 1.29 is 23.5 Å². The van der Waals surface area contributed by atoms with Crippen molar-refractivity contribution in [2.45, 2.75) is 63.2 Å². The molecular weight excluding hydrogens is 593 g/mol. The Bertz CT molecular complexity index is 1760. The van der Waals surface area contributed by atoms with E-state index in [9.17, 15) is 14.7 Å². The fourth-order valence-electron chi connectivity index (χ4n) is 7.15. The number of anilines is 1. The highest BCUT2D eigenvalue weighted by Crippen LogP contribution is 2.60. The smallest absolute Gasteiger partial charge is 0.297 e. The number of rotatable bonds is 10. The van der Waals surface area contributed by atoms with Gasteiger partial charge in [0.05, 0.1) is 31.1 Å². The highest BCUT2D eigenvalue weighted by atomic mass is 28.4. The summed E-state index contributed by atoms with van der Waals surface area (Å²) in [6.45, 7) is 5.98. The van der Waals surface area contributed by atoms with Gasteiger partial charge in [-0.25, -0.2) is 0 Å². The molecule has 2 aromatic carbocycles. The first-order valence-electron chi connectivity index (χ1n) is 15.2. The minimum atomic E-state index is -3.38. The van der Waals surface area contributed by atoms with Crippen LogP contribution < -0.4 is 15.2 Å². The zero-order valence-electron chi connectivity index (χ0n) is 25.9. The maximum Gasteiger partial charge on any atom is 0.297 e. The summed E-state index contributed by atoms with van der Waals surface area (Å²) in [5.41, 5.74) is 1.21. The summed E-state index contributed by atoms with van der Waals surface area (Å²) in [5, 5.41) is 17.5. The van der Waals surface area contributed by atoms with E-state index in [-0.39, 0.29) is 23.8 Å². The molecule has 4 aromatic rings. The molecule has 45 heavy (non-hydrogen) atoms. The van der Waals surface area contributed by atoms with Gasteiger partial charge in [-0.15, -0.1) is 5.10 Å². The van der Waals surface area contributed by atoms with Crippen molar-refractivity contribution in [3.63, 3.8) is 0 Å². The van der Waals surface area contributed by atoms with Crippen molar-refractivity contribution in [2.24, 2.45) is 5.92 Å². The van der Waals surface area contributed by atoms with Crippen molar-refractivity contribution in [2.75, 3.05) is 18.6 Å². The van der Waals surface area contributed by atoms with Gasteiger partial charge in [0.15, 0.2) is 11.4 Å². The molecule has 2 aromatic heterocycles. The molecule has 10 nitrogen and oxygen atoms in total. The average molecular weight is 632 g/mol. The highest BCUT2D eigenvalue weighted by Gasteiger charge is 2.66. The van der Waals surface area contributed by atoms with Crippen molar-refractivity contribution in [1.82, 2.24) is 19.6 Å². The molecule has 0 unspecified atom stereocenters. The van der Waals surface area contributed by atoms with Gasteiger partial charge in [-0.1, -0.05) is 42.5 Å². The zero-order chi connectivity index (χ0) is 31.9. The number of hydrogen-bond donors (Lipinski definition) is 1. The van der Waals surface area contributed by atoms with E-state index in [0.29, 0.717) is 48.6 Å². The second kappa shape index (κ2) is 12.0. The molecule has 6 rings (SSSR count). The van der Waals surface area contributed by atoms with Gasteiger partial charge in [0.25, 0.3) is 11.5 Å². The first-order valence-corrected chi connectivity index (χ1v) is 18.2. The molecule has 0 aliphatic carbocycles. The van der Waals surface area contributed by atoms with Crippen LogP contribution in [0.25, 0.3) is 5.69 Å². The van der Waals surface area contributed by atoms with Crippen LogP contribution in [0.5, 0.6) is 5.75 Å². The number of aliphatic hydroxyl groups is 1. The van der Waals surface area contributed by atoms with Crippen molar-refractivity contribution >= 4 is 20.0 Å². The van der Waals surface area contributed by atoms with E-state index in [2.05, 4.69) is 10.3 Å². The van der Waals surface area contributed by atoms with Gasteiger partial charge in [-0.05, 0) is 55.4 Å². The Balaban J connectivity index is 1.45. The first-order chi connectivity index (χ1) is 21.6. The second-order valence-corrected chi connectivity index (χ2v) is 16.1.